The highest BCUT2D eigenvalue weighted by Crippen LogP contribution is 2.19. The van der Waals surface area contributed by atoms with Gasteiger partial charge in [0.1, 0.15) is 18.4 Å². The van der Waals surface area contributed by atoms with E-state index in [9.17, 15) is 9.59 Å². The number of anilines is 1. The first kappa shape index (κ1) is 19.3. The second-order valence-electron chi connectivity index (χ2n) is 5.27. The number of ether oxygens (including phenoxy) is 1. The highest BCUT2D eigenvalue weighted by molar-refractivity contribution is 5.97. The first-order valence-corrected chi connectivity index (χ1v) is 7.69. The van der Waals surface area contributed by atoms with Gasteiger partial charge in [-0.2, -0.15) is 0 Å². The normalized spacial score (nSPS) is 15.0. The number of hydrogen-bond donors (Lipinski definition) is 2. The van der Waals surface area contributed by atoms with Crippen LogP contribution >= 0.6 is 12.4 Å². The molecule has 0 saturated carbocycles. The van der Waals surface area contributed by atoms with Crippen molar-refractivity contribution >= 4 is 29.9 Å². The Bertz CT molecular complexity index is 522. The lowest BCUT2D eigenvalue weighted by Crippen LogP contribution is -2.44. The molecular weight excluding hydrogens is 318 g/mol. The van der Waals surface area contributed by atoms with Crippen molar-refractivity contribution in [3.8, 4) is 5.75 Å². The molecule has 1 fully saturated rings. The zero-order chi connectivity index (χ0) is 15.9. The molecule has 1 saturated heterocycles. The van der Waals surface area contributed by atoms with E-state index < -0.39 is 6.04 Å². The number of rotatable bonds is 7. The Morgan fingerprint density at radius 3 is 2.61 bits per heavy atom. The average Bonchev–Trinajstić information content (AvgIpc) is 2.93. The number of halogens is 1. The quantitative estimate of drug-likeness (QED) is 0.791. The van der Waals surface area contributed by atoms with E-state index in [2.05, 4.69) is 5.32 Å². The van der Waals surface area contributed by atoms with Gasteiger partial charge in [0.2, 0.25) is 11.8 Å². The molecule has 1 unspecified atom stereocenters. The van der Waals surface area contributed by atoms with Crippen LogP contribution in [0.3, 0.4) is 0 Å². The van der Waals surface area contributed by atoms with Crippen LogP contribution < -0.4 is 15.8 Å². The second kappa shape index (κ2) is 9.37. The van der Waals surface area contributed by atoms with Crippen molar-refractivity contribution in [3.63, 3.8) is 0 Å². The fourth-order valence-electron chi connectivity index (χ4n) is 2.58. The van der Waals surface area contributed by atoms with Gasteiger partial charge in [0.05, 0.1) is 0 Å². The van der Waals surface area contributed by atoms with Gasteiger partial charge < -0.3 is 20.7 Å². The van der Waals surface area contributed by atoms with Crippen molar-refractivity contribution in [2.75, 3.05) is 25.0 Å². The van der Waals surface area contributed by atoms with E-state index in [-0.39, 0.29) is 24.2 Å². The maximum absolute atomic E-state index is 12.4. The Labute approximate surface area is 142 Å². The number of benzene rings is 1. The number of amides is 2. The van der Waals surface area contributed by atoms with Crippen LogP contribution in [0.5, 0.6) is 5.75 Å². The Balaban J connectivity index is 0.00000264. The van der Waals surface area contributed by atoms with Crippen LogP contribution in [-0.4, -0.2) is 42.5 Å². The van der Waals surface area contributed by atoms with Crippen molar-refractivity contribution in [1.29, 1.82) is 0 Å². The SMILES string of the molecule is CCC(C(=O)Nc1ccc(OCCN)cc1)N1CCCC1=O.Cl. The minimum Gasteiger partial charge on any atom is -0.492 e. The van der Waals surface area contributed by atoms with Gasteiger partial charge in [-0.05, 0) is 37.1 Å². The van der Waals surface area contributed by atoms with Crippen LogP contribution in [0.4, 0.5) is 5.69 Å². The molecule has 2 amide bonds. The topological polar surface area (TPSA) is 84.7 Å². The van der Waals surface area contributed by atoms with Crippen molar-refractivity contribution in [1.82, 2.24) is 4.90 Å². The lowest BCUT2D eigenvalue weighted by atomic mass is 10.1. The second-order valence-corrected chi connectivity index (χ2v) is 5.27. The number of carbonyl (C=O) groups excluding carboxylic acids is 2. The van der Waals surface area contributed by atoms with E-state index in [0.29, 0.717) is 44.0 Å². The summed E-state index contributed by atoms with van der Waals surface area (Å²) in [5.74, 6) is 0.631. The van der Waals surface area contributed by atoms with Crippen LogP contribution in [0.2, 0.25) is 0 Å². The molecule has 0 bridgehead atoms. The van der Waals surface area contributed by atoms with Gasteiger partial charge in [-0.3, -0.25) is 9.59 Å². The summed E-state index contributed by atoms with van der Waals surface area (Å²) < 4.78 is 5.39. The summed E-state index contributed by atoms with van der Waals surface area (Å²) in [6.07, 6.45) is 1.97. The number of likely N-dealkylation sites (tertiary alicyclic amines) is 1. The van der Waals surface area contributed by atoms with Crippen molar-refractivity contribution in [2.24, 2.45) is 5.73 Å². The molecule has 1 aliphatic heterocycles. The highest BCUT2D eigenvalue weighted by Gasteiger charge is 2.31. The molecule has 7 heteroatoms. The molecular formula is C16H24ClN3O3. The minimum absolute atomic E-state index is 0. The number of carbonyl (C=O) groups is 2. The van der Waals surface area contributed by atoms with E-state index in [1.54, 1.807) is 29.2 Å². The fourth-order valence-corrected chi connectivity index (χ4v) is 2.58. The van der Waals surface area contributed by atoms with Gasteiger partial charge in [-0.25, -0.2) is 0 Å². The Morgan fingerprint density at radius 1 is 1.39 bits per heavy atom. The molecule has 3 N–H and O–H groups in total. The molecule has 1 heterocycles. The van der Waals surface area contributed by atoms with Gasteiger partial charge in [0, 0.05) is 25.2 Å². The number of nitrogens with two attached hydrogens (primary N) is 1. The van der Waals surface area contributed by atoms with Gasteiger partial charge in [0.15, 0.2) is 0 Å². The Kier molecular flexibility index (Phi) is 7.85. The summed E-state index contributed by atoms with van der Waals surface area (Å²) in [5.41, 5.74) is 6.07. The van der Waals surface area contributed by atoms with Gasteiger partial charge in [-0.1, -0.05) is 6.92 Å². The summed E-state index contributed by atoms with van der Waals surface area (Å²) in [6, 6.07) is 6.73. The number of hydrogen-bond acceptors (Lipinski definition) is 4. The van der Waals surface area contributed by atoms with Crippen LogP contribution in [-0.2, 0) is 9.59 Å². The zero-order valence-corrected chi connectivity index (χ0v) is 14.1. The summed E-state index contributed by atoms with van der Waals surface area (Å²) in [5, 5.41) is 2.86. The zero-order valence-electron chi connectivity index (χ0n) is 13.3. The molecule has 0 aliphatic carbocycles. The Morgan fingerprint density at radius 2 is 2.09 bits per heavy atom. The molecule has 1 atom stereocenters. The van der Waals surface area contributed by atoms with E-state index in [1.807, 2.05) is 6.92 Å². The molecule has 0 aromatic heterocycles. The van der Waals surface area contributed by atoms with E-state index in [1.165, 1.54) is 0 Å². The van der Waals surface area contributed by atoms with Gasteiger partial charge in [-0.15, -0.1) is 12.4 Å². The molecule has 1 aromatic carbocycles. The third-order valence-electron chi connectivity index (χ3n) is 3.68. The summed E-state index contributed by atoms with van der Waals surface area (Å²) in [7, 11) is 0. The molecule has 1 aliphatic rings. The van der Waals surface area contributed by atoms with Crippen LogP contribution in [0, 0.1) is 0 Å². The van der Waals surface area contributed by atoms with Crippen LogP contribution in [0.15, 0.2) is 24.3 Å². The third-order valence-corrected chi connectivity index (χ3v) is 3.68. The maximum atomic E-state index is 12.4. The van der Waals surface area contributed by atoms with Gasteiger partial charge >= 0.3 is 0 Å². The van der Waals surface area contributed by atoms with Crippen LogP contribution in [0.1, 0.15) is 26.2 Å². The maximum Gasteiger partial charge on any atom is 0.247 e. The average molecular weight is 342 g/mol. The predicted octanol–water partition coefficient (Wildman–Crippen LogP) is 1.79. The monoisotopic (exact) mass is 341 g/mol. The van der Waals surface area contributed by atoms with Gasteiger partial charge in [0.25, 0.3) is 0 Å². The largest absolute Gasteiger partial charge is 0.492 e. The minimum atomic E-state index is -0.400. The molecule has 128 valence electrons. The summed E-state index contributed by atoms with van der Waals surface area (Å²) >= 11 is 0. The molecule has 23 heavy (non-hydrogen) atoms. The van der Waals surface area contributed by atoms with Crippen molar-refractivity contribution in [3.05, 3.63) is 24.3 Å². The molecule has 2 rings (SSSR count). The summed E-state index contributed by atoms with van der Waals surface area (Å²) in [4.78, 5) is 25.9. The standard InChI is InChI=1S/C16H23N3O3.ClH/c1-2-14(19-10-3-4-15(19)20)16(21)18-12-5-7-13(8-6-12)22-11-9-17;/h5-8,14H,2-4,9-11,17H2,1H3,(H,18,21);1H. The van der Waals surface area contributed by atoms with Crippen LogP contribution in [0.25, 0.3) is 0 Å². The highest BCUT2D eigenvalue weighted by atomic mass is 35.5. The lowest BCUT2D eigenvalue weighted by Gasteiger charge is -2.25. The summed E-state index contributed by atoms with van der Waals surface area (Å²) in [6.45, 7) is 3.50. The molecule has 0 radical (unpaired) electrons. The van der Waals surface area contributed by atoms with Crippen molar-refractivity contribution < 1.29 is 14.3 Å². The third kappa shape index (κ3) is 5.11. The molecule has 0 spiro atoms. The smallest absolute Gasteiger partial charge is 0.247 e. The predicted molar refractivity (Wildman–Crippen MR) is 91.9 cm³/mol. The number of nitrogens with one attached hydrogen (secondary N) is 1. The van der Waals surface area contributed by atoms with E-state index >= 15 is 0 Å². The number of nitrogens with zero attached hydrogens (tertiary/aromatic N) is 1. The first-order chi connectivity index (χ1) is 10.7. The van der Waals surface area contributed by atoms with E-state index in [4.69, 9.17) is 10.5 Å². The first-order valence-electron chi connectivity index (χ1n) is 7.69. The molecule has 6 nitrogen and oxygen atoms in total. The van der Waals surface area contributed by atoms with E-state index in [0.717, 1.165) is 6.42 Å². The lowest BCUT2D eigenvalue weighted by molar-refractivity contribution is -0.135. The molecule has 1 aromatic rings. The Hall–Kier alpha value is -1.79. The fraction of sp³-hybridized carbons (Fsp3) is 0.500. The van der Waals surface area contributed by atoms with Crippen molar-refractivity contribution in [2.45, 2.75) is 32.2 Å².